The Balaban J connectivity index is 2.37. The number of allylic oxidation sites excluding steroid dienone is 3. The van der Waals surface area contributed by atoms with Crippen LogP contribution >= 0.6 is 0 Å². The molecular weight excluding hydrogens is 304 g/mol. The fourth-order valence-corrected chi connectivity index (χ4v) is 3.17. The van der Waals surface area contributed by atoms with E-state index in [9.17, 15) is 14.7 Å². The number of aliphatic hydroxyl groups is 1. The van der Waals surface area contributed by atoms with Crippen LogP contribution in [0.2, 0.25) is 0 Å². The molecule has 0 spiro atoms. The minimum absolute atomic E-state index is 0.0137. The second-order valence-electron chi connectivity index (χ2n) is 6.72. The zero-order chi connectivity index (χ0) is 17.8. The van der Waals surface area contributed by atoms with Crippen LogP contribution in [0.1, 0.15) is 71.1 Å². The van der Waals surface area contributed by atoms with E-state index in [1.165, 1.54) is 0 Å². The van der Waals surface area contributed by atoms with Crippen molar-refractivity contribution in [3.05, 3.63) is 24.3 Å². The first-order valence-corrected chi connectivity index (χ1v) is 9.30. The van der Waals surface area contributed by atoms with Crippen LogP contribution < -0.4 is 0 Å². The molecule has 1 rings (SSSR count). The monoisotopic (exact) mass is 336 g/mol. The maximum Gasteiger partial charge on any atom is 0.303 e. The fourth-order valence-electron chi connectivity index (χ4n) is 3.17. The molecule has 0 amide bonds. The number of hydrogen-bond acceptors (Lipinski definition) is 3. The molecule has 2 unspecified atom stereocenters. The van der Waals surface area contributed by atoms with Gasteiger partial charge in [-0.15, -0.1) is 0 Å². The number of Topliss-reactive ketones (excluding diaryl/α,β-unsaturated/α-hetero) is 1. The van der Waals surface area contributed by atoms with Crippen molar-refractivity contribution in [2.45, 2.75) is 77.2 Å². The van der Waals surface area contributed by atoms with E-state index in [1.54, 1.807) is 0 Å². The van der Waals surface area contributed by atoms with Gasteiger partial charge in [0.25, 0.3) is 0 Å². The van der Waals surface area contributed by atoms with Crippen molar-refractivity contribution in [1.29, 1.82) is 0 Å². The summed E-state index contributed by atoms with van der Waals surface area (Å²) in [6.45, 7) is 2.14. The molecule has 0 aliphatic heterocycles. The lowest BCUT2D eigenvalue weighted by atomic mass is 9.91. The molecule has 4 nitrogen and oxygen atoms in total. The molecule has 136 valence electrons. The average molecular weight is 336 g/mol. The van der Waals surface area contributed by atoms with Crippen molar-refractivity contribution in [2.75, 3.05) is 0 Å². The molecule has 1 saturated carbocycles. The summed E-state index contributed by atoms with van der Waals surface area (Å²) in [7, 11) is 0. The molecule has 0 radical (unpaired) electrons. The highest BCUT2D eigenvalue weighted by atomic mass is 16.4. The third kappa shape index (κ3) is 8.44. The van der Waals surface area contributed by atoms with Crippen molar-refractivity contribution >= 4 is 11.8 Å². The second kappa shape index (κ2) is 12.0. The van der Waals surface area contributed by atoms with Crippen LogP contribution in [0, 0.1) is 11.8 Å². The molecule has 0 aromatic carbocycles. The number of carboxylic acids is 1. The lowest BCUT2D eigenvalue weighted by Crippen LogP contribution is -2.13. The number of carboxylic acid groups (broad SMARTS) is 1. The largest absolute Gasteiger partial charge is 0.481 e. The Morgan fingerprint density at radius 3 is 2.79 bits per heavy atom. The van der Waals surface area contributed by atoms with Gasteiger partial charge in [-0.05, 0) is 38.0 Å². The van der Waals surface area contributed by atoms with Gasteiger partial charge in [0, 0.05) is 18.8 Å². The van der Waals surface area contributed by atoms with Crippen LogP contribution in [0.25, 0.3) is 0 Å². The minimum atomic E-state index is -0.767. The molecule has 3 atom stereocenters. The molecule has 1 fully saturated rings. The summed E-state index contributed by atoms with van der Waals surface area (Å²) in [6.07, 6.45) is 15.4. The number of hydrogen-bond donors (Lipinski definition) is 2. The van der Waals surface area contributed by atoms with E-state index in [4.69, 9.17) is 5.11 Å². The summed E-state index contributed by atoms with van der Waals surface area (Å²) < 4.78 is 0. The maximum atomic E-state index is 12.0. The van der Waals surface area contributed by atoms with Crippen LogP contribution in [-0.4, -0.2) is 28.1 Å². The minimum Gasteiger partial charge on any atom is -0.481 e. The molecule has 1 aliphatic carbocycles. The number of carbonyl (C=O) groups excluding carboxylic acids is 1. The van der Waals surface area contributed by atoms with Crippen LogP contribution in [-0.2, 0) is 9.59 Å². The van der Waals surface area contributed by atoms with E-state index >= 15 is 0 Å². The third-order valence-electron chi connectivity index (χ3n) is 4.66. The molecular formula is C20H32O4. The molecule has 0 aromatic heterocycles. The standard InChI is InChI=1S/C20H32O4/c1-2-3-6-9-17(21)14-12-16-13-15-19(22)18(16)10-7-4-5-8-11-20(23)24/h4,7,12,14,16-18,21H,2-3,5-6,8-11,13,15H2,1H3,(H,23,24)/b7-4+,14-12+/t16?,17-,18?/m1/s1. The first-order valence-electron chi connectivity index (χ1n) is 9.30. The van der Waals surface area contributed by atoms with Crippen molar-refractivity contribution < 1.29 is 19.8 Å². The summed E-state index contributed by atoms with van der Waals surface area (Å²) in [5.41, 5.74) is 0. The number of ketones is 1. The van der Waals surface area contributed by atoms with Crippen molar-refractivity contribution in [1.82, 2.24) is 0 Å². The Labute approximate surface area is 145 Å². The SMILES string of the molecule is CCCCC[C@@H](O)/C=C/C1CCC(=O)C1C/C=C/CCCC(=O)O. The number of aliphatic hydroxyl groups excluding tert-OH is 1. The lowest BCUT2D eigenvalue weighted by Gasteiger charge is -2.13. The van der Waals surface area contributed by atoms with Crippen LogP contribution in [0.15, 0.2) is 24.3 Å². The zero-order valence-corrected chi connectivity index (χ0v) is 14.8. The zero-order valence-electron chi connectivity index (χ0n) is 14.8. The van der Waals surface area contributed by atoms with Gasteiger partial charge >= 0.3 is 5.97 Å². The molecule has 24 heavy (non-hydrogen) atoms. The van der Waals surface area contributed by atoms with E-state index in [0.717, 1.165) is 38.5 Å². The summed E-state index contributed by atoms with van der Waals surface area (Å²) in [5, 5.41) is 18.6. The summed E-state index contributed by atoms with van der Waals surface area (Å²) in [6, 6.07) is 0. The van der Waals surface area contributed by atoms with Gasteiger partial charge in [-0.3, -0.25) is 9.59 Å². The van der Waals surface area contributed by atoms with Crippen molar-refractivity contribution in [3.63, 3.8) is 0 Å². The smallest absolute Gasteiger partial charge is 0.303 e. The molecule has 0 aromatic rings. The highest BCUT2D eigenvalue weighted by molar-refractivity contribution is 5.83. The van der Waals surface area contributed by atoms with Gasteiger partial charge in [-0.1, -0.05) is 50.5 Å². The van der Waals surface area contributed by atoms with Gasteiger partial charge in [-0.25, -0.2) is 0 Å². The van der Waals surface area contributed by atoms with Crippen LogP contribution in [0.3, 0.4) is 0 Å². The number of carbonyl (C=O) groups is 2. The van der Waals surface area contributed by atoms with Gasteiger partial charge in [0.15, 0.2) is 0 Å². The van der Waals surface area contributed by atoms with E-state index in [-0.39, 0.29) is 18.3 Å². The van der Waals surface area contributed by atoms with E-state index in [2.05, 4.69) is 6.92 Å². The quantitative estimate of drug-likeness (QED) is 0.412. The predicted octanol–water partition coefficient (Wildman–Crippen LogP) is 4.28. The maximum absolute atomic E-state index is 12.0. The van der Waals surface area contributed by atoms with Crippen LogP contribution in [0.5, 0.6) is 0 Å². The Bertz CT molecular complexity index is 439. The van der Waals surface area contributed by atoms with Gasteiger partial charge < -0.3 is 10.2 Å². The van der Waals surface area contributed by atoms with Crippen molar-refractivity contribution in [2.24, 2.45) is 11.8 Å². The first kappa shape index (κ1) is 20.6. The summed E-state index contributed by atoms with van der Waals surface area (Å²) in [5.74, 6) is -0.223. The number of rotatable bonds is 12. The van der Waals surface area contributed by atoms with E-state index in [0.29, 0.717) is 25.0 Å². The van der Waals surface area contributed by atoms with Gasteiger partial charge in [0.1, 0.15) is 5.78 Å². The average Bonchev–Trinajstić information content (AvgIpc) is 2.89. The van der Waals surface area contributed by atoms with Crippen molar-refractivity contribution in [3.8, 4) is 0 Å². The van der Waals surface area contributed by atoms with Gasteiger partial charge in [0.05, 0.1) is 6.10 Å². The summed E-state index contributed by atoms with van der Waals surface area (Å²) in [4.78, 5) is 22.5. The molecule has 4 heteroatoms. The topological polar surface area (TPSA) is 74.6 Å². The highest BCUT2D eigenvalue weighted by Crippen LogP contribution is 2.33. The second-order valence-corrected chi connectivity index (χ2v) is 6.72. The Hall–Kier alpha value is -1.42. The van der Waals surface area contributed by atoms with Crippen LogP contribution in [0.4, 0.5) is 0 Å². The number of aliphatic carboxylic acids is 1. The van der Waals surface area contributed by atoms with E-state index < -0.39 is 12.1 Å². The normalized spacial score (nSPS) is 22.7. The van der Waals surface area contributed by atoms with E-state index in [1.807, 2.05) is 24.3 Å². The van der Waals surface area contributed by atoms with Gasteiger partial charge in [0.2, 0.25) is 0 Å². The molecule has 0 bridgehead atoms. The molecule has 1 aliphatic rings. The summed E-state index contributed by atoms with van der Waals surface area (Å²) >= 11 is 0. The Kier molecular flexibility index (Phi) is 10.3. The van der Waals surface area contributed by atoms with Gasteiger partial charge in [-0.2, -0.15) is 0 Å². The lowest BCUT2D eigenvalue weighted by molar-refractivity contribution is -0.137. The molecule has 0 saturated heterocycles. The molecule has 0 heterocycles. The predicted molar refractivity (Wildman–Crippen MR) is 95.8 cm³/mol. The molecule has 2 N–H and O–H groups in total. The Morgan fingerprint density at radius 1 is 1.29 bits per heavy atom. The highest BCUT2D eigenvalue weighted by Gasteiger charge is 2.31. The number of unbranched alkanes of at least 4 members (excludes halogenated alkanes) is 3. The third-order valence-corrected chi connectivity index (χ3v) is 4.66. The Morgan fingerprint density at radius 2 is 2.08 bits per heavy atom. The first-order chi connectivity index (χ1) is 11.5. The fraction of sp³-hybridized carbons (Fsp3) is 0.700.